The number of hydrogen-bond acceptors (Lipinski definition) is 2. The Bertz CT molecular complexity index is 177. The molecule has 0 unspecified atom stereocenters. The van der Waals surface area contributed by atoms with E-state index in [0.29, 0.717) is 0 Å². The van der Waals surface area contributed by atoms with Crippen molar-refractivity contribution in [2.45, 2.75) is 39.5 Å². The minimum atomic E-state index is 0. The van der Waals surface area contributed by atoms with Gasteiger partial charge in [-0.15, -0.1) is 24.0 Å². The van der Waals surface area contributed by atoms with Gasteiger partial charge in [0, 0.05) is 33.4 Å². The molecule has 4 nitrogen and oxygen atoms in total. The number of rotatable bonds is 9. The summed E-state index contributed by atoms with van der Waals surface area (Å²) < 4.78 is 5.27. The highest BCUT2D eigenvalue weighted by molar-refractivity contribution is 14.0. The van der Waals surface area contributed by atoms with Crippen LogP contribution >= 0.6 is 24.0 Å². The Morgan fingerprint density at radius 2 is 1.71 bits per heavy atom. The summed E-state index contributed by atoms with van der Waals surface area (Å²) in [5, 5.41) is 6.57. The van der Waals surface area contributed by atoms with E-state index in [-0.39, 0.29) is 24.0 Å². The zero-order valence-electron chi connectivity index (χ0n) is 11.4. The van der Waals surface area contributed by atoms with Crippen LogP contribution in [0.25, 0.3) is 0 Å². The van der Waals surface area contributed by atoms with E-state index < -0.39 is 0 Å². The zero-order valence-corrected chi connectivity index (χ0v) is 13.8. The van der Waals surface area contributed by atoms with Crippen LogP contribution in [0.2, 0.25) is 0 Å². The van der Waals surface area contributed by atoms with E-state index in [1.165, 1.54) is 12.8 Å². The minimum absolute atomic E-state index is 0. The first-order valence-electron chi connectivity index (χ1n) is 6.37. The Morgan fingerprint density at radius 3 is 2.24 bits per heavy atom. The topological polar surface area (TPSA) is 45.7 Å². The SMILES string of the molecule is CCCCNC(=NC)NCCCCOCC.I. The van der Waals surface area contributed by atoms with Gasteiger partial charge in [-0.25, -0.2) is 0 Å². The molecular weight excluding hydrogens is 329 g/mol. The van der Waals surface area contributed by atoms with Crippen molar-refractivity contribution < 1.29 is 4.74 Å². The maximum Gasteiger partial charge on any atom is 0.190 e. The second-order valence-electron chi connectivity index (χ2n) is 3.68. The molecule has 0 saturated carbocycles. The van der Waals surface area contributed by atoms with Gasteiger partial charge in [-0.05, 0) is 26.2 Å². The summed E-state index contributed by atoms with van der Waals surface area (Å²) in [5.74, 6) is 0.907. The molecule has 0 aromatic heterocycles. The predicted molar refractivity (Wildman–Crippen MR) is 85.4 cm³/mol. The molecule has 0 aliphatic carbocycles. The third-order valence-corrected chi connectivity index (χ3v) is 2.26. The summed E-state index contributed by atoms with van der Waals surface area (Å²) in [7, 11) is 1.81. The maximum absolute atomic E-state index is 5.27. The van der Waals surface area contributed by atoms with Crippen molar-refractivity contribution in [1.82, 2.24) is 10.6 Å². The molecule has 2 N–H and O–H groups in total. The normalized spacial score (nSPS) is 10.9. The van der Waals surface area contributed by atoms with Crippen molar-refractivity contribution >= 4 is 29.9 Å². The molecule has 0 heterocycles. The van der Waals surface area contributed by atoms with Gasteiger partial charge < -0.3 is 15.4 Å². The van der Waals surface area contributed by atoms with E-state index in [2.05, 4.69) is 22.5 Å². The summed E-state index contributed by atoms with van der Waals surface area (Å²) in [6, 6.07) is 0. The van der Waals surface area contributed by atoms with Gasteiger partial charge in [-0.1, -0.05) is 13.3 Å². The molecule has 5 heteroatoms. The van der Waals surface area contributed by atoms with Crippen molar-refractivity contribution in [3.8, 4) is 0 Å². The number of nitrogens with zero attached hydrogens (tertiary/aromatic N) is 1. The standard InChI is InChI=1S/C12H27N3O.HI/c1-4-6-9-14-12(13-3)15-10-7-8-11-16-5-2;/h4-11H2,1-3H3,(H2,13,14,15);1H. The highest BCUT2D eigenvalue weighted by Crippen LogP contribution is 1.88. The summed E-state index contributed by atoms with van der Waals surface area (Å²) in [6.07, 6.45) is 4.62. The van der Waals surface area contributed by atoms with E-state index in [1.807, 2.05) is 14.0 Å². The highest BCUT2D eigenvalue weighted by atomic mass is 127. The van der Waals surface area contributed by atoms with Crippen LogP contribution < -0.4 is 10.6 Å². The van der Waals surface area contributed by atoms with Crippen LogP contribution in [0.3, 0.4) is 0 Å². The lowest BCUT2D eigenvalue weighted by atomic mass is 10.3. The van der Waals surface area contributed by atoms with Gasteiger partial charge in [-0.2, -0.15) is 0 Å². The minimum Gasteiger partial charge on any atom is -0.382 e. The summed E-state index contributed by atoms with van der Waals surface area (Å²) in [6.45, 7) is 7.84. The van der Waals surface area contributed by atoms with Gasteiger partial charge in [0.25, 0.3) is 0 Å². The Hall–Kier alpha value is -0.0400. The molecule has 0 bridgehead atoms. The fourth-order valence-electron chi connectivity index (χ4n) is 1.28. The molecule has 0 aliphatic rings. The summed E-state index contributed by atoms with van der Waals surface area (Å²) in [5.41, 5.74) is 0. The molecule has 0 spiro atoms. The Balaban J connectivity index is 0. The summed E-state index contributed by atoms with van der Waals surface area (Å²) in [4.78, 5) is 4.16. The number of nitrogens with one attached hydrogen (secondary N) is 2. The predicted octanol–water partition coefficient (Wildman–Crippen LogP) is 2.39. The molecule has 0 radical (unpaired) electrons. The van der Waals surface area contributed by atoms with Gasteiger partial charge in [0.1, 0.15) is 0 Å². The van der Waals surface area contributed by atoms with E-state index in [0.717, 1.165) is 45.1 Å². The van der Waals surface area contributed by atoms with Crippen LogP contribution in [-0.2, 0) is 4.74 Å². The molecule has 104 valence electrons. The molecule has 0 amide bonds. The van der Waals surface area contributed by atoms with E-state index in [4.69, 9.17) is 4.74 Å². The van der Waals surface area contributed by atoms with Crippen molar-refractivity contribution in [2.24, 2.45) is 4.99 Å². The first-order valence-corrected chi connectivity index (χ1v) is 6.37. The lowest BCUT2D eigenvalue weighted by Gasteiger charge is -2.11. The number of guanidine groups is 1. The zero-order chi connectivity index (χ0) is 12.1. The van der Waals surface area contributed by atoms with Gasteiger partial charge >= 0.3 is 0 Å². The van der Waals surface area contributed by atoms with Crippen LogP contribution in [-0.4, -0.2) is 39.3 Å². The molecule has 17 heavy (non-hydrogen) atoms. The van der Waals surface area contributed by atoms with Crippen molar-refractivity contribution in [2.75, 3.05) is 33.4 Å². The Morgan fingerprint density at radius 1 is 1.06 bits per heavy atom. The largest absolute Gasteiger partial charge is 0.382 e. The molecule has 0 saturated heterocycles. The maximum atomic E-state index is 5.27. The lowest BCUT2D eigenvalue weighted by molar-refractivity contribution is 0.143. The molecule has 0 rings (SSSR count). The van der Waals surface area contributed by atoms with Crippen molar-refractivity contribution in [3.63, 3.8) is 0 Å². The average molecular weight is 357 g/mol. The van der Waals surface area contributed by atoms with Gasteiger partial charge in [0.2, 0.25) is 0 Å². The van der Waals surface area contributed by atoms with Gasteiger partial charge in [0.05, 0.1) is 0 Å². The number of aliphatic imine (C=N–C) groups is 1. The van der Waals surface area contributed by atoms with Crippen LogP contribution in [0.4, 0.5) is 0 Å². The van der Waals surface area contributed by atoms with Gasteiger partial charge in [0.15, 0.2) is 5.96 Å². The first kappa shape index (κ1) is 19.3. The third kappa shape index (κ3) is 13.9. The number of halogens is 1. The quantitative estimate of drug-likeness (QED) is 0.288. The van der Waals surface area contributed by atoms with Crippen LogP contribution in [0.5, 0.6) is 0 Å². The first-order chi connectivity index (χ1) is 7.85. The smallest absolute Gasteiger partial charge is 0.190 e. The number of unbranched alkanes of at least 4 members (excludes halogenated alkanes) is 2. The molecule has 0 aromatic rings. The van der Waals surface area contributed by atoms with E-state index in [1.54, 1.807) is 0 Å². The molecule has 0 aromatic carbocycles. The Kier molecular flexibility index (Phi) is 18.1. The van der Waals surface area contributed by atoms with Gasteiger partial charge in [-0.3, -0.25) is 4.99 Å². The average Bonchev–Trinajstić information content (AvgIpc) is 2.31. The van der Waals surface area contributed by atoms with E-state index in [9.17, 15) is 0 Å². The monoisotopic (exact) mass is 357 g/mol. The van der Waals surface area contributed by atoms with Crippen LogP contribution in [0.1, 0.15) is 39.5 Å². The van der Waals surface area contributed by atoms with Crippen LogP contribution in [0.15, 0.2) is 4.99 Å². The second-order valence-corrected chi connectivity index (χ2v) is 3.68. The third-order valence-electron chi connectivity index (χ3n) is 2.26. The molecule has 0 aliphatic heterocycles. The molecule has 0 atom stereocenters. The molecule has 0 fully saturated rings. The fourth-order valence-corrected chi connectivity index (χ4v) is 1.28. The summed E-state index contributed by atoms with van der Waals surface area (Å²) >= 11 is 0. The van der Waals surface area contributed by atoms with Crippen molar-refractivity contribution in [3.05, 3.63) is 0 Å². The molecular formula is C12H28IN3O. The van der Waals surface area contributed by atoms with E-state index >= 15 is 0 Å². The number of hydrogen-bond donors (Lipinski definition) is 2. The fraction of sp³-hybridized carbons (Fsp3) is 0.917. The highest BCUT2D eigenvalue weighted by Gasteiger charge is 1.95. The Labute approximate surface area is 123 Å². The van der Waals surface area contributed by atoms with Crippen LogP contribution in [0, 0.1) is 0 Å². The number of ether oxygens (including phenoxy) is 1. The van der Waals surface area contributed by atoms with Crippen molar-refractivity contribution in [1.29, 1.82) is 0 Å². The second kappa shape index (κ2) is 16.0. The lowest BCUT2D eigenvalue weighted by Crippen LogP contribution is -2.38.